The maximum Gasteiger partial charge on any atom is 0.412 e. The van der Waals surface area contributed by atoms with Gasteiger partial charge in [0.15, 0.2) is 6.79 Å². The molecule has 1 fully saturated rings. The monoisotopic (exact) mass is 189 g/mol. The van der Waals surface area contributed by atoms with Crippen LogP contribution in [0.15, 0.2) is 0 Å². The SMILES string of the molecule is CCOCOC(=O)N1CCOCC1. The van der Waals surface area contributed by atoms with Gasteiger partial charge in [-0.25, -0.2) is 4.79 Å². The van der Waals surface area contributed by atoms with E-state index in [1.807, 2.05) is 6.92 Å². The Morgan fingerprint density at radius 2 is 2.15 bits per heavy atom. The summed E-state index contributed by atoms with van der Waals surface area (Å²) < 4.78 is 14.8. The highest BCUT2D eigenvalue weighted by molar-refractivity contribution is 5.67. The van der Waals surface area contributed by atoms with Gasteiger partial charge in [0.25, 0.3) is 0 Å². The molecule has 0 aromatic rings. The van der Waals surface area contributed by atoms with E-state index in [4.69, 9.17) is 14.2 Å². The van der Waals surface area contributed by atoms with E-state index in [9.17, 15) is 4.79 Å². The van der Waals surface area contributed by atoms with Gasteiger partial charge in [-0.1, -0.05) is 0 Å². The summed E-state index contributed by atoms with van der Waals surface area (Å²) in [6, 6.07) is 0. The minimum Gasteiger partial charge on any atom is -0.422 e. The molecular weight excluding hydrogens is 174 g/mol. The van der Waals surface area contributed by atoms with Crippen molar-refractivity contribution in [2.24, 2.45) is 0 Å². The van der Waals surface area contributed by atoms with Gasteiger partial charge in [0, 0.05) is 19.7 Å². The largest absolute Gasteiger partial charge is 0.422 e. The average Bonchev–Trinajstić information content (AvgIpc) is 2.19. The van der Waals surface area contributed by atoms with Crippen LogP contribution < -0.4 is 0 Å². The van der Waals surface area contributed by atoms with Gasteiger partial charge in [0.05, 0.1) is 13.2 Å². The van der Waals surface area contributed by atoms with E-state index in [1.165, 1.54) is 0 Å². The van der Waals surface area contributed by atoms with Gasteiger partial charge in [-0.3, -0.25) is 0 Å². The molecule has 0 radical (unpaired) electrons. The molecule has 76 valence electrons. The summed E-state index contributed by atoms with van der Waals surface area (Å²) in [4.78, 5) is 12.9. The van der Waals surface area contributed by atoms with E-state index < -0.39 is 0 Å². The Morgan fingerprint density at radius 3 is 2.77 bits per heavy atom. The Balaban J connectivity index is 2.13. The van der Waals surface area contributed by atoms with Crippen molar-refractivity contribution in [3.63, 3.8) is 0 Å². The number of rotatable bonds is 3. The third kappa shape index (κ3) is 3.61. The Morgan fingerprint density at radius 1 is 1.46 bits per heavy atom. The average molecular weight is 189 g/mol. The Kier molecular flexibility index (Phi) is 4.56. The molecule has 1 amide bonds. The van der Waals surface area contributed by atoms with Gasteiger partial charge < -0.3 is 19.1 Å². The molecule has 0 aromatic carbocycles. The van der Waals surface area contributed by atoms with Crippen molar-refractivity contribution in [3.8, 4) is 0 Å². The molecule has 0 aliphatic carbocycles. The van der Waals surface area contributed by atoms with Crippen molar-refractivity contribution in [1.29, 1.82) is 0 Å². The number of amides is 1. The van der Waals surface area contributed by atoms with Crippen LogP contribution in [0.2, 0.25) is 0 Å². The number of carbonyl (C=O) groups excluding carboxylic acids is 1. The molecular formula is C8H15NO4. The number of morpholine rings is 1. The number of carbonyl (C=O) groups is 1. The molecule has 0 bridgehead atoms. The molecule has 0 spiro atoms. The van der Waals surface area contributed by atoms with Crippen LogP contribution in [-0.2, 0) is 14.2 Å². The standard InChI is InChI=1S/C8H15NO4/c1-2-11-7-13-8(10)9-3-5-12-6-4-9/h2-7H2,1H3. The maximum absolute atomic E-state index is 11.2. The van der Waals surface area contributed by atoms with Crippen LogP contribution in [0.3, 0.4) is 0 Å². The molecule has 0 atom stereocenters. The molecule has 0 saturated carbocycles. The molecule has 1 saturated heterocycles. The van der Waals surface area contributed by atoms with Crippen LogP contribution in [0.4, 0.5) is 4.79 Å². The predicted octanol–water partition coefficient (Wildman–Crippen LogP) is 0.449. The zero-order valence-corrected chi connectivity index (χ0v) is 7.82. The van der Waals surface area contributed by atoms with Crippen LogP contribution in [0.1, 0.15) is 6.92 Å². The minimum atomic E-state index is -0.322. The number of ether oxygens (including phenoxy) is 3. The second-order valence-corrected chi connectivity index (χ2v) is 2.62. The fraction of sp³-hybridized carbons (Fsp3) is 0.875. The first-order valence-corrected chi connectivity index (χ1v) is 4.41. The minimum absolute atomic E-state index is 0.0344. The molecule has 1 aliphatic rings. The molecule has 5 nitrogen and oxygen atoms in total. The Labute approximate surface area is 77.6 Å². The molecule has 1 aliphatic heterocycles. The topological polar surface area (TPSA) is 48.0 Å². The predicted molar refractivity (Wildman–Crippen MR) is 45.4 cm³/mol. The van der Waals surface area contributed by atoms with Crippen LogP contribution in [0.5, 0.6) is 0 Å². The second kappa shape index (κ2) is 5.77. The molecule has 0 unspecified atom stereocenters. The van der Waals surface area contributed by atoms with Crippen molar-refractivity contribution in [2.45, 2.75) is 6.92 Å². The molecule has 13 heavy (non-hydrogen) atoms. The lowest BCUT2D eigenvalue weighted by atomic mass is 10.5. The summed E-state index contributed by atoms with van der Waals surface area (Å²) in [5.41, 5.74) is 0. The molecule has 0 aromatic heterocycles. The number of hydrogen-bond donors (Lipinski definition) is 0. The van der Waals surface area contributed by atoms with Gasteiger partial charge in [0.1, 0.15) is 0 Å². The highest BCUT2D eigenvalue weighted by Gasteiger charge is 2.17. The normalized spacial score (nSPS) is 17.2. The zero-order valence-electron chi connectivity index (χ0n) is 7.82. The highest BCUT2D eigenvalue weighted by atomic mass is 16.7. The van der Waals surface area contributed by atoms with Crippen LogP contribution in [0.25, 0.3) is 0 Å². The lowest BCUT2D eigenvalue weighted by Gasteiger charge is -2.25. The van der Waals surface area contributed by atoms with Gasteiger partial charge in [-0.05, 0) is 6.92 Å². The summed E-state index contributed by atoms with van der Waals surface area (Å²) in [7, 11) is 0. The summed E-state index contributed by atoms with van der Waals surface area (Å²) in [5.74, 6) is 0. The smallest absolute Gasteiger partial charge is 0.412 e. The maximum atomic E-state index is 11.2. The third-order valence-corrected chi connectivity index (χ3v) is 1.74. The Hall–Kier alpha value is -0.810. The van der Waals surface area contributed by atoms with Crippen LogP contribution in [0, 0.1) is 0 Å². The van der Waals surface area contributed by atoms with E-state index in [0.717, 1.165) is 0 Å². The van der Waals surface area contributed by atoms with E-state index >= 15 is 0 Å². The first-order chi connectivity index (χ1) is 6.34. The highest BCUT2D eigenvalue weighted by Crippen LogP contribution is 1.99. The lowest BCUT2D eigenvalue weighted by molar-refractivity contribution is -0.0354. The number of nitrogens with zero attached hydrogens (tertiary/aromatic N) is 1. The van der Waals surface area contributed by atoms with Crippen molar-refractivity contribution >= 4 is 6.09 Å². The van der Waals surface area contributed by atoms with Crippen molar-refractivity contribution in [2.75, 3.05) is 39.7 Å². The lowest BCUT2D eigenvalue weighted by Crippen LogP contribution is -2.41. The molecule has 1 heterocycles. The summed E-state index contributed by atoms with van der Waals surface area (Å²) in [5, 5.41) is 0. The second-order valence-electron chi connectivity index (χ2n) is 2.62. The summed E-state index contributed by atoms with van der Waals surface area (Å²) >= 11 is 0. The molecule has 1 rings (SSSR count). The summed E-state index contributed by atoms with van der Waals surface area (Å²) in [6.45, 7) is 4.81. The third-order valence-electron chi connectivity index (χ3n) is 1.74. The fourth-order valence-electron chi connectivity index (χ4n) is 1.01. The first kappa shape index (κ1) is 10.3. The Bertz CT molecular complexity index is 156. The summed E-state index contributed by atoms with van der Waals surface area (Å²) in [6.07, 6.45) is -0.322. The zero-order chi connectivity index (χ0) is 9.52. The molecule has 0 N–H and O–H groups in total. The van der Waals surface area contributed by atoms with E-state index in [2.05, 4.69) is 0 Å². The van der Waals surface area contributed by atoms with Crippen molar-refractivity contribution in [1.82, 2.24) is 4.90 Å². The quantitative estimate of drug-likeness (QED) is 0.477. The number of hydrogen-bond acceptors (Lipinski definition) is 4. The van der Waals surface area contributed by atoms with Gasteiger partial charge in [-0.2, -0.15) is 0 Å². The van der Waals surface area contributed by atoms with Crippen LogP contribution >= 0.6 is 0 Å². The van der Waals surface area contributed by atoms with E-state index in [0.29, 0.717) is 32.9 Å². The molecule has 5 heteroatoms. The van der Waals surface area contributed by atoms with E-state index in [1.54, 1.807) is 4.90 Å². The fourth-order valence-corrected chi connectivity index (χ4v) is 1.01. The van der Waals surface area contributed by atoms with Crippen molar-refractivity contribution in [3.05, 3.63) is 0 Å². The van der Waals surface area contributed by atoms with Gasteiger partial charge in [0.2, 0.25) is 0 Å². The van der Waals surface area contributed by atoms with Gasteiger partial charge in [-0.15, -0.1) is 0 Å². The van der Waals surface area contributed by atoms with E-state index in [-0.39, 0.29) is 12.9 Å². The van der Waals surface area contributed by atoms with Crippen LogP contribution in [-0.4, -0.2) is 50.7 Å². The van der Waals surface area contributed by atoms with Crippen molar-refractivity contribution < 1.29 is 19.0 Å². The van der Waals surface area contributed by atoms with Gasteiger partial charge >= 0.3 is 6.09 Å². The first-order valence-electron chi connectivity index (χ1n) is 4.41.